The molecule has 2 unspecified atom stereocenters. The molecule has 3 heteroatoms. The Kier molecular flexibility index (Phi) is 2.79. The summed E-state index contributed by atoms with van der Waals surface area (Å²) < 4.78 is 0. The number of aromatic nitrogens is 1. The van der Waals surface area contributed by atoms with Gasteiger partial charge < -0.3 is 0 Å². The molecule has 1 aromatic rings. The number of hydrogen-bond acceptors (Lipinski definition) is 2. The molecular weight excluding hydrogens is 210 g/mol. The fourth-order valence-electron chi connectivity index (χ4n) is 2.20. The number of halogens is 1. The van der Waals surface area contributed by atoms with Crippen LogP contribution < -0.4 is 0 Å². The average molecular weight is 224 g/mol. The summed E-state index contributed by atoms with van der Waals surface area (Å²) in [5.41, 5.74) is 2.78. The summed E-state index contributed by atoms with van der Waals surface area (Å²) in [6.45, 7) is 4.34. The van der Waals surface area contributed by atoms with Gasteiger partial charge in [-0.15, -0.1) is 0 Å². The van der Waals surface area contributed by atoms with Crippen LogP contribution in [0.15, 0.2) is 6.07 Å². The summed E-state index contributed by atoms with van der Waals surface area (Å²) >= 11 is 5.93. The summed E-state index contributed by atoms with van der Waals surface area (Å²) in [5, 5.41) is 0.338. The molecule has 80 valence electrons. The topological polar surface area (TPSA) is 30.0 Å². The summed E-state index contributed by atoms with van der Waals surface area (Å²) in [6, 6.07) is 1.90. The lowest BCUT2D eigenvalue weighted by Gasteiger charge is -2.26. The second-order valence-electron chi connectivity index (χ2n) is 4.34. The highest BCUT2D eigenvalue weighted by molar-refractivity contribution is 6.31. The molecule has 0 saturated heterocycles. The molecule has 1 aliphatic rings. The molecule has 1 heterocycles. The van der Waals surface area contributed by atoms with Crippen LogP contribution >= 0.6 is 11.6 Å². The van der Waals surface area contributed by atoms with Crippen molar-refractivity contribution in [1.82, 2.24) is 4.98 Å². The van der Waals surface area contributed by atoms with E-state index in [2.05, 4.69) is 18.8 Å². The van der Waals surface area contributed by atoms with Crippen LogP contribution in [-0.2, 0) is 0 Å². The van der Waals surface area contributed by atoms with Crippen LogP contribution in [0, 0.1) is 0 Å². The Hall–Kier alpha value is -0.890. The van der Waals surface area contributed by atoms with Crippen molar-refractivity contribution >= 4 is 17.9 Å². The molecule has 1 aliphatic carbocycles. The largest absolute Gasteiger partial charge is 0.298 e. The number of pyridine rings is 1. The van der Waals surface area contributed by atoms with Crippen LogP contribution in [0.25, 0.3) is 0 Å². The van der Waals surface area contributed by atoms with E-state index in [0.29, 0.717) is 22.6 Å². The molecule has 0 fully saturated rings. The maximum atomic E-state index is 10.8. The lowest BCUT2D eigenvalue weighted by molar-refractivity contribution is 0.112. The van der Waals surface area contributed by atoms with Gasteiger partial charge in [0.2, 0.25) is 0 Å². The minimum absolute atomic E-state index is 0.338. The first-order valence-electron chi connectivity index (χ1n) is 5.29. The SMILES string of the molecule is CC1CCC(C)c2nc(Cl)c(C=O)cc21. The van der Waals surface area contributed by atoms with E-state index < -0.39 is 0 Å². The Morgan fingerprint density at radius 2 is 2.07 bits per heavy atom. The van der Waals surface area contributed by atoms with Gasteiger partial charge in [0.1, 0.15) is 5.15 Å². The number of carbonyl (C=O) groups excluding carboxylic acids is 1. The highest BCUT2D eigenvalue weighted by Gasteiger charge is 2.24. The van der Waals surface area contributed by atoms with Gasteiger partial charge in [0.15, 0.2) is 6.29 Å². The van der Waals surface area contributed by atoms with E-state index in [0.717, 1.165) is 24.8 Å². The Balaban J connectivity index is 2.58. The number of rotatable bonds is 1. The first-order valence-corrected chi connectivity index (χ1v) is 5.66. The van der Waals surface area contributed by atoms with Crippen molar-refractivity contribution in [3.05, 3.63) is 28.0 Å². The van der Waals surface area contributed by atoms with E-state index in [1.165, 1.54) is 5.56 Å². The molecule has 1 aromatic heterocycles. The molecule has 0 bridgehead atoms. The van der Waals surface area contributed by atoms with Gasteiger partial charge in [0, 0.05) is 5.69 Å². The van der Waals surface area contributed by atoms with Crippen molar-refractivity contribution in [3.8, 4) is 0 Å². The number of carbonyl (C=O) groups is 1. The molecule has 0 amide bonds. The number of fused-ring (bicyclic) bond motifs is 1. The molecule has 0 aromatic carbocycles. The molecule has 0 radical (unpaired) electrons. The quantitative estimate of drug-likeness (QED) is 0.538. The predicted molar refractivity (Wildman–Crippen MR) is 60.7 cm³/mol. The normalized spacial score (nSPS) is 24.7. The van der Waals surface area contributed by atoms with Crippen molar-refractivity contribution in [2.75, 3.05) is 0 Å². The number of hydrogen-bond donors (Lipinski definition) is 0. The van der Waals surface area contributed by atoms with Crippen LogP contribution in [-0.4, -0.2) is 11.3 Å². The zero-order valence-electron chi connectivity index (χ0n) is 8.96. The molecule has 0 aliphatic heterocycles. The summed E-state index contributed by atoms with van der Waals surface area (Å²) in [6.07, 6.45) is 3.09. The zero-order chi connectivity index (χ0) is 11.0. The standard InChI is InChI=1S/C12H14ClNO/c1-7-3-4-8(2)11-10(7)5-9(6-15)12(13)14-11/h5-8H,3-4H2,1-2H3. The Morgan fingerprint density at radius 3 is 2.73 bits per heavy atom. The number of aldehydes is 1. The third kappa shape index (κ3) is 1.78. The maximum Gasteiger partial charge on any atom is 0.153 e. The van der Waals surface area contributed by atoms with E-state index in [-0.39, 0.29) is 0 Å². The predicted octanol–water partition coefficient (Wildman–Crippen LogP) is 3.55. The van der Waals surface area contributed by atoms with Gasteiger partial charge in [-0.2, -0.15) is 0 Å². The lowest BCUT2D eigenvalue weighted by atomic mass is 9.81. The first-order chi connectivity index (χ1) is 7.13. The molecule has 2 nitrogen and oxygen atoms in total. The van der Waals surface area contributed by atoms with Gasteiger partial charge >= 0.3 is 0 Å². The van der Waals surface area contributed by atoms with Crippen molar-refractivity contribution in [2.45, 2.75) is 38.5 Å². The zero-order valence-corrected chi connectivity index (χ0v) is 9.71. The minimum Gasteiger partial charge on any atom is -0.298 e. The second kappa shape index (κ2) is 3.93. The Labute approximate surface area is 94.7 Å². The lowest BCUT2D eigenvalue weighted by Crippen LogP contribution is -2.13. The first kappa shape index (κ1) is 10.6. The molecule has 2 atom stereocenters. The fourth-order valence-corrected chi connectivity index (χ4v) is 2.39. The molecule has 2 rings (SSSR count). The van der Waals surface area contributed by atoms with Crippen molar-refractivity contribution in [3.63, 3.8) is 0 Å². The van der Waals surface area contributed by atoms with Crippen molar-refractivity contribution in [2.24, 2.45) is 0 Å². The van der Waals surface area contributed by atoms with Gasteiger partial charge in [-0.3, -0.25) is 4.79 Å². The van der Waals surface area contributed by atoms with E-state index in [1.807, 2.05) is 6.07 Å². The Morgan fingerprint density at radius 1 is 1.40 bits per heavy atom. The summed E-state index contributed by atoms with van der Waals surface area (Å²) in [4.78, 5) is 15.1. The van der Waals surface area contributed by atoms with Gasteiger partial charge in [0.25, 0.3) is 0 Å². The molecule has 15 heavy (non-hydrogen) atoms. The van der Waals surface area contributed by atoms with E-state index in [9.17, 15) is 4.79 Å². The molecule has 0 spiro atoms. The van der Waals surface area contributed by atoms with Crippen LogP contribution in [0.2, 0.25) is 5.15 Å². The smallest absolute Gasteiger partial charge is 0.153 e. The highest BCUT2D eigenvalue weighted by atomic mass is 35.5. The van der Waals surface area contributed by atoms with Gasteiger partial charge in [-0.05, 0) is 36.3 Å². The monoisotopic (exact) mass is 223 g/mol. The molecule has 0 saturated carbocycles. The third-order valence-corrected chi connectivity index (χ3v) is 3.52. The van der Waals surface area contributed by atoms with E-state index in [4.69, 9.17) is 11.6 Å². The minimum atomic E-state index is 0.338. The van der Waals surface area contributed by atoms with Crippen molar-refractivity contribution < 1.29 is 4.79 Å². The van der Waals surface area contributed by atoms with E-state index in [1.54, 1.807) is 0 Å². The fraction of sp³-hybridized carbons (Fsp3) is 0.500. The summed E-state index contributed by atoms with van der Waals surface area (Å²) in [7, 11) is 0. The third-order valence-electron chi connectivity index (χ3n) is 3.22. The van der Waals surface area contributed by atoms with Crippen LogP contribution in [0.4, 0.5) is 0 Å². The summed E-state index contributed by atoms with van der Waals surface area (Å²) in [5.74, 6) is 0.939. The van der Waals surface area contributed by atoms with Gasteiger partial charge in [-0.1, -0.05) is 25.4 Å². The molecular formula is C12H14ClNO. The van der Waals surface area contributed by atoms with Crippen LogP contribution in [0.5, 0.6) is 0 Å². The average Bonchev–Trinajstić information content (AvgIpc) is 2.23. The second-order valence-corrected chi connectivity index (χ2v) is 4.70. The Bertz CT molecular complexity index is 403. The van der Waals surface area contributed by atoms with Crippen LogP contribution in [0.3, 0.4) is 0 Å². The van der Waals surface area contributed by atoms with Gasteiger partial charge in [0.05, 0.1) is 5.56 Å². The van der Waals surface area contributed by atoms with Crippen molar-refractivity contribution in [1.29, 1.82) is 0 Å². The van der Waals surface area contributed by atoms with E-state index >= 15 is 0 Å². The molecule has 0 N–H and O–H groups in total. The highest BCUT2D eigenvalue weighted by Crippen LogP contribution is 2.38. The number of nitrogens with zero attached hydrogens (tertiary/aromatic N) is 1. The maximum absolute atomic E-state index is 10.8. The van der Waals surface area contributed by atoms with Gasteiger partial charge in [-0.25, -0.2) is 4.98 Å². The van der Waals surface area contributed by atoms with Crippen LogP contribution in [0.1, 0.15) is 60.1 Å².